The number of benzene rings is 2. The Balaban J connectivity index is 1.88. The highest BCUT2D eigenvalue weighted by Gasteiger charge is 2.30. The van der Waals surface area contributed by atoms with Gasteiger partial charge in [0.1, 0.15) is 5.75 Å². The van der Waals surface area contributed by atoms with Gasteiger partial charge in [-0.15, -0.1) is 10.2 Å². The molecule has 10 heteroatoms. The summed E-state index contributed by atoms with van der Waals surface area (Å²) in [5.74, 6) is -0.0112. The van der Waals surface area contributed by atoms with Gasteiger partial charge in [-0.3, -0.25) is 13.8 Å². The van der Waals surface area contributed by atoms with Gasteiger partial charge in [0, 0.05) is 5.56 Å². The second-order valence-electron chi connectivity index (χ2n) is 5.92. The zero-order valence-corrected chi connectivity index (χ0v) is 17.5. The first-order valence-corrected chi connectivity index (χ1v) is 10.8. The van der Waals surface area contributed by atoms with E-state index in [-0.39, 0.29) is 31.4 Å². The van der Waals surface area contributed by atoms with Crippen molar-refractivity contribution in [3.05, 3.63) is 60.2 Å². The van der Waals surface area contributed by atoms with Gasteiger partial charge in [0.05, 0.1) is 18.9 Å². The van der Waals surface area contributed by atoms with Crippen LogP contribution in [0.4, 0.5) is 5.69 Å². The fourth-order valence-corrected chi connectivity index (χ4v) is 3.74. The summed E-state index contributed by atoms with van der Waals surface area (Å²) >= 11 is 0. The van der Waals surface area contributed by atoms with E-state index < -0.39 is 13.7 Å². The third-order valence-electron chi connectivity index (χ3n) is 3.80. The first-order chi connectivity index (χ1) is 14.5. The Morgan fingerprint density at radius 2 is 1.67 bits per heavy atom. The summed E-state index contributed by atoms with van der Waals surface area (Å²) in [4.78, 5) is 12.2. The smallest absolute Gasteiger partial charge is 0.484 e. The fraction of sp³-hybridized carbons (Fsp3) is 0.250. The molecule has 1 aliphatic heterocycles. The van der Waals surface area contributed by atoms with Gasteiger partial charge in [-0.1, -0.05) is 36.4 Å². The van der Waals surface area contributed by atoms with Gasteiger partial charge in [0.25, 0.3) is 11.8 Å². The first kappa shape index (κ1) is 21.7. The predicted octanol–water partition coefficient (Wildman–Crippen LogP) is 4.02. The van der Waals surface area contributed by atoms with Crippen molar-refractivity contribution in [3.8, 4) is 5.75 Å². The van der Waals surface area contributed by atoms with Crippen LogP contribution in [0.2, 0.25) is 0 Å². The number of fused-ring (bicyclic) bond motifs is 1. The van der Waals surface area contributed by atoms with Crippen LogP contribution in [0.3, 0.4) is 0 Å². The highest BCUT2D eigenvalue weighted by molar-refractivity contribution is 7.49. The molecule has 1 heterocycles. The van der Waals surface area contributed by atoms with E-state index in [4.69, 9.17) is 18.3 Å². The molecule has 0 fully saturated rings. The number of hydrogen-bond acceptors (Lipinski definition) is 8. The lowest BCUT2D eigenvalue weighted by molar-refractivity contribution is -0.110. The monoisotopic (exact) mass is 431 g/mol. The van der Waals surface area contributed by atoms with Crippen LogP contribution >= 0.6 is 7.82 Å². The van der Waals surface area contributed by atoms with Gasteiger partial charge in [0.15, 0.2) is 12.3 Å². The second-order valence-corrected chi connectivity index (χ2v) is 7.51. The van der Waals surface area contributed by atoms with Gasteiger partial charge in [-0.05, 0) is 32.0 Å². The van der Waals surface area contributed by atoms with Crippen molar-refractivity contribution >= 4 is 31.0 Å². The zero-order chi connectivity index (χ0) is 21.4. The van der Waals surface area contributed by atoms with Crippen molar-refractivity contribution in [2.75, 3.05) is 25.1 Å². The molecule has 0 aliphatic carbocycles. The molecule has 9 nitrogen and oxygen atoms in total. The standard InChI is InChI=1S/C20H22N3O6P/c1-3-27-30(25,28-4-2)29-18(14-26-15-10-6-5-7-11-15)22-23-19-16-12-8-9-13-17(16)21-20(19)24/h5-13H,3-4,14H2,1-2H3,(H,21,23,24)/b22-18+. The molecule has 0 spiro atoms. The summed E-state index contributed by atoms with van der Waals surface area (Å²) in [5, 5.41) is 10.7. The highest BCUT2D eigenvalue weighted by atomic mass is 31.2. The minimum atomic E-state index is -3.92. The topological polar surface area (TPSA) is 108 Å². The molecule has 3 rings (SSSR count). The molecule has 0 radical (unpaired) electrons. The molecule has 0 bridgehead atoms. The van der Waals surface area contributed by atoms with Crippen LogP contribution in [0.1, 0.15) is 19.4 Å². The molecule has 2 aromatic rings. The van der Waals surface area contributed by atoms with Crippen LogP contribution in [0.15, 0.2) is 64.8 Å². The van der Waals surface area contributed by atoms with Crippen molar-refractivity contribution in [3.63, 3.8) is 0 Å². The number of phosphoric ester groups is 1. The normalized spacial score (nSPS) is 15.1. The summed E-state index contributed by atoms with van der Waals surface area (Å²) in [7, 11) is -3.92. The number of nitrogens with one attached hydrogen (secondary N) is 1. The number of nitrogens with zero attached hydrogens (tertiary/aromatic N) is 2. The summed E-state index contributed by atoms with van der Waals surface area (Å²) in [5.41, 5.74) is 1.34. The molecule has 0 atom stereocenters. The van der Waals surface area contributed by atoms with E-state index in [1.54, 1.807) is 62.4 Å². The van der Waals surface area contributed by atoms with Crippen molar-refractivity contribution in [1.82, 2.24) is 0 Å². The van der Waals surface area contributed by atoms with Crippen LogP contribution in [0.5, 0.6) is 5.75 Å². The number of hydrogen-bond donors (Lipinski definition) is 1. The molecule has 1 amide bonds. The van der Waals surface area contributed by atoms with E-state index in [0.717, 1.165) is 0 Å². The highest BCUT2D eigenvalue weighted by Crippen LogP contribution is 2.49. The molecule has 0 aromatic heterocycles. The average molecular weight is 431 g/mol. The third kappa shape index (κ3) is 5.54. The van der Waals surface area contributed by atoms with Gasteiger partial charge >= 0.3 is 7.82 Å². The quantitative estimate of drug-likeness (QED) is 0.278. The molecule has 1 aliphatic rings. The lowest BCUT2D eigenvalue weighted by atomic mass is 10.1. The zero-order valence-electron chi connectivity index (χ0n) is 16.6. The van der Waals surface area contributed by atoms with Crippen LogP contribution in [0, 0.1) is 0 Å². The van der Waals surface area contributed by atoms with E-state index in [1.807, 2.05) is 6.07 Å². The summed E-state index contributed by atoms with van der Waals surface area (Å²) in [6.07, 6.45) is 0. The number of carbonyl (C=O) groups is 1. The Hall–Kier alpha value is -3.00. The number of ether oxygens (including phenoxy) is 1. The Kier molecular flexibility index (Phi) is 7.35. The van der Waals surface area contributed by atoms with E-state index in [9.17, 15) is 9.36 Å². The van der Waals surface area contributed by atoms with E-state index in [1.165, 1.54) is 0 Å². The van der Waals surface area contributed by atoms with Gasteiger partial charge in [0.2, 0.25) is 0 Å². The number of amides is 1. The van der Waals surface area contributed by atoms with E-state index in [0.29, 0.717) is 17.0 Å². The fourth-order valence-electron chi connectivity index (χ4n) is 2.58. The Labute approximate surface area is 174 Å². The average Bonchev–Trinajstić information content (AvgIpc) is 3.06. The third-order valence-corrected chi connectivity index (χ3v) is 5.39. The van der Waals surface area contributed by atoms with Gasteiger partial charge in [-0.2, -0.15) is 0 Å². The maximum atomic E-state index is 12.8. The lowest BCUT2D eigenvalue weighted by Crippen LogP contribution is -2.17. The van der Waals surface area contributed by atoms with Crippen molar-refractivity contribution in [2.45, 2.75) is 13.8 Å². The van der Waals surface area contributed by atoms with Gasteiger partial charge < -0.3 is 14.6 Å². The summed E-state index contributed by atoms with van der Waals surface area (Å²) in [6.45, 7) is 3.33. The van der Waals surface area contributed by atoms with Crippen molar-refractivity contribution in [2.24, 2.45) is 10.2 Å². The Morgan fingerprint density at radius 3 is 2.37 bits per heavy atom. The van der Waals surface area contributed by atoms with E-state index >= 15 is 0 Å². The minimum Gasteiger partial charge on any atom is -0.484 e. The first-order valence-electron chi connectivity index (χ1n) is 9.36. The number of anilines is 1. The van der Waals surface area contributed by atoms with Gasteiger partial charge in [-0.25, -0.2) is 4.57 Å². The van der Waals surface area contributed by atoms with Crippen LogP contribution < -0.4 is 10.1 Å². The predicted molar refractivity (Wildman–Crippen MR) is 113 cm³/mol. The SMILES string of the molecule is CCOP(=O)(OCC)O/C(COc1ccccc1)=N/N=C1\C(=O)Nc2ccccc21. The second kappa shape index (κ2) is 10.2. The molecule has 0 saturated carbocycles. The Bertz CT molecular complexity index is 983. The maximum absolute atomic E-state index is 12.8. The lowest BCUT2D eigenvalue weighted by Gasteiger charge is -2.17. The summed E-state index contributed by atoms with van der Waals surface area (Å²) in [6, 6.07) is 16.0. The molecule has 158 valence electrons. The van der Waals surface area contributed by atoms with Crippen LogP contribution in [0.25, 0.3) is 0 Å². The van der Waals surface area contributed by atoms with Crippen LogP contribution in [-0.2, 0) is 22.9 Å². The molecule has 0 unspecified atom stereocenters. The van der Waals surface area contributed by atoms with Crippen molar-refractivity contribution in [1.29, 1.82) is 0 Å². The number of phosphoric acid groups is 1. The van der Waals surface area contributed by atoms with Crippen molar-refractivity contribution < 1.29 is 27.7 Å². The molecule has 2 aromatic carbocycles. The Morgan fingerprint density at radius 1 is 1.00 bits per heavy atom. The molecule has 1 N–H and O–H groups in total. The largest absolute Gasteiger partial charge is 0.531 e. The molecule has 30 heavy (non-hydrogen) atoms. The molecule has 0 saturated heterocycles. The number of rotatable bonds is 9. The summed E-state index contributed by atoms with van der Waals surface area (Å²) < 4.78 is 34.1. The van der Waals surface area contributed by atoms with Crippen LogP contribution in [-0.4, -0.2) is 37.3 Å². The molecular weight excluding hydrogens is 409 g/mol. The number of carbonyl (C=O) groups excluding carboxylic acids is 1. The minimum absolute atomic E-state index is 0.106. The van der Waals surface area contributed by atoms with E-state index in [2.05, 4.69) is 15.5 Å². The molecular formula is C20H22N3O6P. The maximum Gasteiger partial charge on any atom is 0.531 e. The number of para-hydroxylation sites is 2.